The van der Waals surface area contributed by atoms with Gasteiger partial charge in [0, 0.05) is 6.07 Å². The lowest BCUT2D eigenvalue weighted by molar-refractivity contribution is -0.138. The molecule has 150 valence electrons. The average molecular weight is 383 g/mol. The van der Waals surface area contributed by atoms with Crippen LogP contribution in [0.4, 0.5) is 11.4 Å². The number of hydrogen-bond donors (Lipinski definition) is 1. The Balaban J connectivity index is 1.95. The van der Waals surface area contributed by atoms with Crippen LogP contribution >= 0.6 is 0 Å². The van der Waals surface area contributed by atoms with Crippen molar-refractivity contribution in [2.24, 2.45) is 16.1 Å². The molecule has 0 bridgehead atoms. The van der Waals surface area contributed by atoms with E-state index < -0.39 is 0 Å². The zero-order valence-electron chi connectivity index (χ0n) is 17.0. The van der Waals surface area contributed by atoms with Crippen LogP contribution in [0.3, 0.4) is 0 Å². The van der Waals surface area contributed by atoms with Crippen molar-refractivity contribution in [3.05, 3.63) is 48.0 Å². The second-order valence-corrected chi connectivity index (χ2v) is 7.06. The summed E-state index contributed by atoms with van der Waals surface area (Å²) in [5, 5.41) is 18.4. The van der Waals surface area contributed by atoms with Crippen molar-refractivity contribution in [3.63, 3.8) is 0 Å². The molecule has 2 aromatic carbocycles. The van der Waals surface area contributed by atoms with E-state index in [2.05, 4.69) is 29.3 Å². The molecule has 0 aliphatic heterocycles. The predicted octanol–water partition coefficient (Wildman–Crippen LogP) is 6.88. The van der Waals surface area contributed by atoms with Crippen LogP contribution in [0.25, 0.3) is 0 Å². The van der Waals surface area contributed by atoms with E-state index in [4.69, 9.17) is 4.74 Å². The maximum Gasteiger partial charge on any atom is 0.314 e. The van der Waals surface area contributed by atoms with Crippen LogP contribution in [0, 0.1) is 5.92 Å². The van der Waals surface area contributed by atoms with Crippen LogP contribution in [0.1, 0.15) is 58.4 Å². The van der Waals surface area contributed by atoms with Crippen LogP contribution in [-0.2, 0) is 11.2 Å². The van der Waals surface area contributed by atoms with Gasteiger partial charge in [0.25, 0.3) is 0 Å². The van der Waals surface area contributed by atoms with Crippen molar-refractivity contribution >= 4 is 17.3 Å². The largest absolute Gasteiger partial charge is 0.505 e. The minimum atomic E-state index is -0.314. The van der Waals surface area contributed by atoms with Gasteiger partial charge in [-0.15, -0.1) is 5.11 Å². The topological polar surface area (TPSA) is 71.2 Å². The van der Waals surface area contributed by atoms with Crippen molar-refractivity contribution in [1.82, 2.24) is 0 Å². The Labute approximate surface area is 167 Å². The van der Waals surface area contributed by atoms with E-state index in [0.717, 1.165) is 12.1 Å². The molecule has 0 aliphatic rings. The highest BCUT2D eigenvalue weighted by atomic mass is 16.5. The lowest BCUT2D eigenvalue weighted by atomic mass is 10.1. The number of benzene rings is 2. The van der Waals surface area contributed by atoms with E-state index in [1.807, 2.05) is 19.1 Å². The predicted molar refractivity (Wildman–Crippen MR) is 112 cm³/mol. The van der Waals surface area contributed by atoms with E-state index in [1.165, 1.54) is 37.3 Å². The molecule has 2 rings (SSSR count). The number of phenols is 1. The molecule has 28 heavy (non-hydrogen) atoms. The van der Waals surface area contributed by atoms with Crippen molar-refractivity contribution in [2.45, 2.75) is 59.3 Å². The highest BCUT2D eigenvalue weighted by molar-refractivity contribution is 5.75. The SMILES string of the molecule is CCCCCCc1ccc(/N=N/c2ccc(OC(=O)C(C)CC)cc2O)cc1. The molecule has 5 nitrogen and oxygen atoms in total. The molecule has 0 fully saturated rings. The molecule has 0 aliphatic carbocycles. The Kier molecular flexibility index (Phi) is 8.66. The number of unbranched alkanes of at least 4 members (excludes halogenated alkanes) is 3. The van der Waals surface area contributed by atoms with Crippen LogP contribution in [0.15, 0.2) is 52.7 Å². The fourth-order valence-corrected chi connectivity index (χ4v) is 2.63. The Bertz CT molecular complexity index is 785. The van der Waals surface area contributed by atoms with Gasteiger partial charge in [0.05, 0.1) is 11.6 Å². The molecule has 0 saturated heterocycles. The zero-order chi connectivity index (χ0) is 20.4. The average Bonchev–Trinajstić information content (AvgIpc) is 2.71. The number of phenolic OH excluding ortho intramolecular Hbond substituents is 1. The number of carbonyl (C=O) groups excluding carboxylic acids is 1. The summed E-state index contributed by atoms with van der Waals surface area (Å²) < 4.78 is 5.26. The first-order valence-electron chi connectivity index (χ1n) is 10.1. The fourth-order valence-electron chi connectivity index (χ4n) is 2.63. The first-order chi connectivity index (χ1) is 13.5. The Morgan fingerprint density at radius 2 is 1.79 bits per heavy atom. The number of carbonyl (C=O) groups is 1. The van der Waals surface area contributed by atoms with Gasteiger partial charge in [-0.3, -0.25) is 4.79 Å². The Morgan fingerprint density at radius 1 is 1.04 bits per heavy atom. The summed E-state index contributed by atoms with van der Waals surface area (Å²) in [6.07, 6.45) is 6.78. The molecule has 0 aromatic heterocycles. The molecule has 5 heteroatoms. The normalized spacial score (nSPS) is 12.2. The second-order valence-electron chi connectivity index (χ2n) is 7.06. The van der Waals surface area contributed by atoms with Crippen LogP contribution < -0.4 is 4.74 Å². The van der Waals surface area contributed by atoms with Gasteiger partial charge < -0.3 is 9.84 Å². The number of esters is 1. The van der Waals surface area contributed by atoms with E-state index in [1.54, 1.807) is 19.1 Å². The van der Waals surface area contributed by atoms with Crippen LogP contribution in [0.5, 0.6) is 11.5 Å². The number of ether oxygens (including phenoxy) is 1. The van der Waals surface area contributed by atoms with E-state index in [9.17, 15) is 9.90 Å². The number of nitrogens with zero attached hydrogens (tertiary/aromatic N) is 2. The lowest BCUT2D eigenvalue weighted by Crippen LogP contribution is -2.16. The molecule has 0 spiro atoms. The number of aryl methyl sites for hydroxylation is 1. The summed E-state index contributed by atoms with van der Waals surface area (Å²) in [5.41, 5.74) is 2.35. The molecule has 0 heterocycles. The monoisotopic (exact) mass is 382 g/mol. The minimum Gasteiger partial charge on any atom is -0.505 e. The molecule has 2 aromatic rings. The molecule has 1 N–H and O–H groups in total. The number of rotatable bonds is 10. The van der Waals surface area contributed by atoms with Gasteiger partial charge in [-0.2, -0.15) is 5.11 Å². The molecule has 0 amide bonds. The number of hydrogen-bond acceptors (Lipinski definition) is 5. The molecule has 0 saturated carbocycles. The van der Waals surface area contributed by atoms with Gasteiger partial charge in [0.15, 0.2) is 0 Å². The summed E-state index contributed by atoms with van der Waals surface area (Å²) in [4.78, 5) is 11.8. The molecule has 1 atom stereocenters. The van der Waals surface area contributed by atoms with Gasteiger partial charge >= 0.3 is 5.97 Å². The molecule has 1 unspecified atom stereocenters. The third-order valence-corrected chi connectivity index (χ3v) is 4.71. The van der Waals surface area contributed by atoms with Crippen molar-refractivity contribution in [3.8, 4) is 11.5 Å². The van der Waals surface area contributed by atoms with E-state index in [-0.39, 0.29) is 17.6 Å². The maximum atomic E-state index is 11.8. The third-order valence-electron chi connectivity index (χ3n) is 4.71. The second kappa shape index (κ2) is 11.2. The van der Waals surface area contributed by atoms with Crippen molar-refractivity contribution in [2.75, 3.05) is 0 Å². The van der Waals surface area contributed by atoms with Gasteiger partial charge in [-0.05, 0) is 49.1 Å². The quantitative estimate of drug-likeness (QED) is 0.211. The Morgan fingerprint density at radius 3 is 2.43 bits per heavy atom. The summed E-state index contributed by atoms with van der Waals surface area (Å²) in [6, 6.07) is 12.6. The van der Waals surface area contributed by atoms with E-state index >= 15 is 0 Å². The van der Waals surface area contributed by atoms with Gasteiger partial charge in [-0.1, -0.05) is 52.2 Å². The molecule has 0 radical (unpaired) electrons. The first-order valence-corrected chi connectivity index (χ1v) is 10.1. The highest BCUT2D eigenvalue weighted by Gasteiger charge is 2.14. The van der Waals surface area contributed by atoms with Gasteiger partial charge in [-0.25, -0.2) is 0 Å². The van der Waals surface area contributed by atoms with E-state index in [0.29, 0.717) is 17.9 Å². The summed E-state index contributed by atoms with van der Waals surface area (Å²) in [5.74, 6) is -0.276. The third kappa shape index (κ3) is 6.80. The number of azo groups is 1. The van der Waals surface area contributed by atoms with Crippen molar-refractivity contribution < 1.29 is 14.6 Å². The van der Waals surface area contributed by atoms with Crippen molar-refractivity contribution in [1.29, 1.82) is 0 Å². The van der Waals surface area contributed by atoms with Gasteiger partial charge in [0.2, 0.25) is 0 Å². The summed E-state index contributed by atoms with van der Waals surface area (Å²) in [7, 11) is 0. The lowest BCUT2D eigenvalue weighted by Gasteiger charge is -2.09. The van der Waals surface area contributed by atoms with Gasteiger partial charge in [0.1, 0.15) is 17.2 Å². The Hall–Kier alpha value is -2.69. The fraction of sp³-hybridized carbons (Fsp3) is 0.435. The standard InChI is InChI=1S/C23H30N2O3/c1-4-6-7-8-9-18-10-12-19(13-11-18)24-25-21-15-14-20(16-22(21)26)28-23(27)17(3)5-2/h10-17,26H,4-9H2,1-3H3/b25-24+. The zero-order valence-corrected chi connectivity index (χ0v) is 17.0. The summed E-state index contributed by atoms with van der Waals surface area (Å²) >= 11 is 0. The molecular weight excluding hydrogens is 352 g/mol. The summed E-state index contributed by atoms with van der Waals surface area (Å²) in [6.45, 7) is 5.94. The minimum absolute atomic E-state index is 0.0780. The highest BCUT2D eigenvalue weighted by Crippen LogP contribution is 2.32. The maximum absolute atomic E-state index is 11.8. The smallest absolute Gasteiger partial charge is 0.314 e. The first kappa shape index (κ1) is 21.6. The molecular formula is C23H30N2O3. The number of aromatic hydroxyl groups is 1. The van der Waals surface area contributed by atoms with Crippen LogP contribution in [0.2, 0.25) is 0 Å². The van der Waals surface area contributed by atoms with Crippen LogP contribution in [-0.4, -0.2) is 11.1 Å².